The van der Waals surface area contributed by atoms with Crippen LogP contribution in [0.4, 0.5) is 0 Å². The van der Waals surface area contributed by atoms with Crippen LogP contribution in [0.5, 0.6) is 0 Å². The third-order valence-electron chi connectivity index (χ3n) is 1.21. The Labute approximate surface area is 146 Å². The topological polar surface area (TPSA) is 127 Å². The fraction of sp³-hybridized carbons (Fsp3) is 0.667. The van der Waals surface area contributed by atoms with Gasteiger partial charge in [-0.15, -0.1) is 0 Å². The van der Waals surface area contributed by atoms with Crippen LogP contribution in [0.3, 0.4) is 0 Å². The molecule has 0 amide bonds. The molecule has 0 aromatic heterocycles. The summed E-state index contributed by atoms with van der Waals surface area (Å²) in [7, 11) is 2.41. The summed E-state index contributed by atoms with van der Waals surface area (Å²) in [4.78, 5) is 20.5. The minimum absolute atomic E-state index is 0. The predicted octanol–water partition coefficient (Wildman–Crippen LogP) is -6.80. The van der Waals surface area contributed by atoms with Gasteiger partial charge in [0.25, 0.3) is 0 Å². The zero-order valence-corrected chi connectivity index (χ0v) is 14.9. The fourth-order valence-electron chi connectivity index (χ4n) is 0.385. The molecule has 0 bridgehead atoms. The van der Waals surface area contributed by atoms with E-state index in [9.17, 15) is 9.59 Å². The normalized spacial score (nSPS) is 12.9. The molecule has 0 saturated heterocycles. The monoisotopic (exact) mass is 286 g/mol. The van der Waals surface area contributed by atoms with Crippen molar-refractivity contribution in [2.75, 3.05) is 11.5 Å². The number of hydrogen-bond donors (Lipinski definition) is 4. The Morgan fingerprint density at radius 2 is 1.19 bits per heavy atom. The van der Waals surface area contributed by atoms with Gasteiger partial charge in [0.2, 0.25) is 0 Å². The number of hydrogen-bond acceptors (Lipinski definition) is 6. The molecule has 10 heteroatoms. The number of carbonyl (C=O) groups is 2. The zero-order valence-electron chi connectivity index (χ0n) is 9.25. The standard InChI is InChI=1S/C6H12N2O4S2.2Na/c7-3(5(9)10)1-13-14-2-4(8)6(11)12;;/h3-4H,1-2,7-8H2,(H,9,10)(H,11,12);;/q;2*+1. The van der Waals surface area contributed by atoms with Gasteiger partial charge in [-0.05, 0) is 0 Å². The molecule has 0 aromatic rings. The summed E-state index contributed by atoms with van der Waals surface area (Å²) in [6, 6.07) is -1.85. The minimum Gasteiger partial charge on any atom is -0.480 e. The third-order valence-corrected chi connectivity index (χ3v) is 3.69. The minimum atomic E-state index is -1.07. The maximum Gasteiger partial charge on any atom is 1.00 e. The smallest absolute Gasteiger partial charge is 0.480 e. The predicted molar refractivity (Wildman–Crippen MR) is 56.1 cm³/mol. The van der Waals surface area contributed by atoms with Gasteiger partial charge in [0.1, 0.15) is 12.1 Å². The van der Waals surface area contributed by atoms with Crippen molar-refractivity contribution in [1.29, 1.82) is 0 Å². The van der Waals surface area contributed by atoms with Gasteiger partial charge in [-0.25, -0.2) is 0 Å². The molecule has 0 fully saturated rings. The van der Waals surface area contributed by atoms with Crippen molar-refractivity contribution in [3.63, 3.8) is 0 Å². The molecule has 2 unspecified atom stereocenters. The molecule has 0 aliphatic heterocycles. The fourth-order valence-corrected chi connectivity index (χ4v) is 2.61. The number of carboxylic acid groups (broad SMARTS) is 2. The number of aliphatic carboxylic acids is 2. The summed E-state index contributed by atoms with van der Waals surface area (Å²) in [5.74, 6) is -1.68. The van der Waals surface area contributed by atoms with Crippen LogP contribution in [0, 0.1) is 0 Å². The summed E-state index contributed by atoms with van der Waals surface area (Å²) >= 11 is 0. The molecule has 0 spiro atoms. The van der Waals surface area contributed by atoms with Crippen LogP contribution in [-0.2, 0) is 9.59 Å². The van der Waals surface area contributed by atoms with Gasteiger partial charge < -0.3 is 21.7 Å². The van der Waals surface area contributed by atoms with E-state index in [4.69, 9.17) is 21.7 Å². The van der Waals surface area contributed by atoms with Crippen LogP contribution in [0.25, 0.3) is 0 Å². The van der Waals surface area contributed by atoms with E-state index in [0.717, 1.165) is 0 Å². The molecule has 0 radical (unpaired) electrons. The first kappa shape index (κ1) is 22.7. The van der Waals surface area contributed by atoms with E-state index in [-0.39, 0.29) is 70.6 Å². The number of rotatable bonds is 7. The third kappa shape index (κ3) is 12.0. The Morgan fingerprint density at radius 1 is 0.938 bits per heavy atom. The van der Waals surface area contributed by atoms with Gasteiger partial charge in [0.15, 0.2) is 0 Å². The van der Waals surface area contributed by atoms with E-state index >= 15 is 0 Å². The Balaban J connectivity index is -0.000000845. The van der Waals surface area contributed by atoms with Crippen molar-refractivity contribution in [3.8, 4) is 0 Å². The number of nitrogens with two attached hydrogens (primary N) is 2. The number of carboxylic acids is 2. The molecule has 6 N–H and O–H groups in total. The van der Waals surface area contributed by atoms with Crippen molar-refractivity contribution < 1.29 is 78.9 Å². The quantitative estimate of drug-likeness (QED) is 0.207. The van der Waals surface area contributed by atoms with Crippen molar-refractivity contribution >= 4 is 33.5 Å². The first-order chi connectivity index (χ1) is 6.45. The van der Waals surface area contributed by atoms with Gasteiger partial charge >= 0.3 is 71.1 Å². The zero-order chi connectivity index (χ0) is 11.1. The van der Waals surface area contributed by atoms with Crippen LogP contribution < -0.4 is 70.6 Å². The summed E-state index contributed by atoms with van der Waals surface area (Å²) in [6.45, 7) is 0. The summed E-state index contributed by atoms with van der Waals surface area (Å²) in [5.41, 5.74) is 10.4. The first-order valence-electron chi connectivity index (χ1n) is 3.66. The summed E-state index contributed by atoms with van der Waals surface area (Å²) in [5, 5.41) is 16.8. The average molecular weight is 286 g/mol. The van der Waals surface area contributed by atoms with Crippen LogP contribution >= 0.6 is 21.6 Å². The van der Waals surface area contributed by atoms with E-state index in [1.54, 1.807) is 0 Å². The first-order valence-corrected chi connectivity index (χ1v) is 6.15. The van der Waals surface area contributed by atoms with Gasteiger partial charge in [-0.1, -0.05) is 21.6 Å². The molecule has 0 aliphatic rings. The molecule has 16 heavy (non-hydrogen) atoms. The van der Waals surface area contributed by atoms with Crippen molar-refractivity contribution in [2.24, 2.45) is 11.5 Å². The van der Waals surface area contributed by atoms with Crippen LogP contribution in [-0.4, -0.2) is 45.7 Å². The van der Waals surface area contributed by atoms with Crippen LogP contribution in [0.15, 0.2) is 0 Å². The summed E-state index contributed by atoms with van der Waals surface area (Å²) in [6.07, 6.45) is 0. The van der Waals surface area contributed by atoms with Crippen LogP contribution in [0.1, 0.15) is 0 Å². The Hall–Kier alpha value is 1.56. The molecule has 0 aliphatic carbocycles. The van der Waals surface area contributed by atoms with Crippen LogP contribution in [0.2, 0.25) is 0 Å². The van der Waals surface area contributed by atoms with E-state index in [1.807, 2.05) is 0 Å². The largest absolute Gasteiger partial charge is 1.00 e. The maximum absolute atomic E-state index is 10.3. The summed E-state index contributed by atoms with van der Waals surface area (Å²) < 4.78 is 0. The molecule has 0 saturated carbocycles. The molecule has 0 heterocycles. The van der Waals surface area contributed by atoms with E-state index in [1.165, 1.54) is 21.6 Å². The van der Waals surface area contributed by atoms with E-state index in [2.05, 4.69) is 0 Å². The van der Waals surface area contributed by atoms with Gasteiger partial charge in [-0.3, -0.25) is 9.59 Å². The van der Waals surface area contributed by atoms with Crippen molar-refractivity contribution in [1.82, 2.24) is 0 Å². The second kappa shape index (κ2) is 13.0. The van der Waals surface area contributed by atoms with Gasteiger partial charge in [0, 0.05) is 11.5 Å². The molecule has 0 rings (SSSR count). The second-order valence-electron chi connectivity index (χ2n) is 2.46. The van der Waals surface area contributed by atoms with E-state index < -0.39 is 24.0 Å². The molecule has 0 aromatic carbocycles. The molecule has 2 atom stereocenters. The van der Waals surface area contributed by atoms with Gasteiger partial charge in [0.05, 0.1) is 0 Å². The average Bonchev–Trinajstić information content (AvgIpc) is 2.11. The van der Waals surface area contributed by atoms with Gasteiger partial charge in [-0.2, -0.15) is 0 Å². The maximum atomic E-state index is 10.3. The van der Waals surface area contributed by atoms with E-state index in [0.29, 0.717) is 0 Å². The SMILES string of the molecule is NC(CSSCC(N)C(=O)O)C(=O)O.[Na+].[Na+]. The Morgan fingerprint density at radius 3 is 1.38 bits per heavy atom. The molecular weight excluding hydrogens is 274 g/mol. The molecule has 6 nitrogen and oxygen atoms in total. The van der Waals surface area contributed by atoms with Crippen molar-refractivity contribution in [3.05, 3.63) is 0 Å². The Kier molecular flexibility index (Phi) is 18.5. The second-order valence-corrected chi connectivity index (χ2v) is 5.01. The Bertz CT molecular complexity index is 201. The molecular formula is C6H12N2Na2O4S2+2. The van der Waals surface area contributed by atoms with Crippen molar-refractivity contribution in [2.45, 2.75) is 12.1 Å². The molecule has 82 valence electrons.